The van der Waals surface area contributed by atoms with Crippen molar-refractivity contribution >= 4 is 29.1 Å². The number of carboxylic acids is 1. The summed E-state index contributed by atoms with van der Waals surface area (Å²) in [4.78, 5) is 12.2. The molecule has 1 aliphatic carbocycles. The number of carbonyl (C=O) groups is 1. The molecular formula is C14H18N4O2S2. The number of thiophene rings is 1. The number of carboxylic acid groups (broad SMARTS) is 1. The van der Waals surface area contributed by atoms with Crippen LogP contribution in [0, 0.1) is 0 Å². The van der Waals surface area contributed by atoms with Crippen LogP contribution < -0.4 is 5.84 Å². The summed E-state index contributed by atoms with van der Waals surface area (Å²) in [6, 6.07) is 3.46. The van der Waals surface area contributed by atoms with Crippen molar-refractivity contribution in [3.63, 3.8) is 0 Å². The van der Waals surface area contributed by atoms with Crippen molar-refractivity contribution < 1.29 is 9.90 Å². The summed E-state index contributed by atoms with van der Waals surface area (Å²) in [7, 11) is 0. The maximum Gasteiger partial charge on any atom is 0.345 e. The van der Waals surface area contributed by atoms with E-state index in [0.717, 1.165) is 23.5 Å². The summed E-state index contributed by atoms with van der Waals surface area (Å²) in [6.07, 6.45) is 6.02. The maximum atomic E-state index is 10.9. The Kier molecular flexibility index (Phi) is 4.68. The van der Waals surface area contributed by atoms with Gasteiger partial charge >= 0.3 is 5.97 Å². The standard InChI is InChI=1S/C14H18N4O2S2/c15-18-12(9-4-2-1-3-5-9)16-17-14(18)21-8-10-6-7-11(22-10)13(19)20/h6-7,9H,1-5,8,15H2,(H,19,20). The molecule has 6 nitrogen and oxygen atoms in total. The number of thioether (sulfide) groups is 1. The molecule has 2 aromatic rings. The van der Waals surface area contributed by atoms with Gasteiger partial charge in [0.25, 0.3) is 0 Å². The molecule has 3 N–H and O–H groups in total. The number of aromatic nitrogens is 3. The van der Waals surface area contributed by atoms with Crippen LogP contribution in [-0.4, -0.2) is 25.9 Å². The molecule has 22 heavy (non-hydrogen) atoms. The lowest BCUT2D eigenvalue weighted by Gasteiger charge is -2.20. The Morgan fingerprint density at radius 3 is 2.82 bits per heavy atom. The summed E-state index contributed by atoms with van der Waals surface area (Å²) in [5, 5.41) is 18.1. The van der Waals surface area contributed by atoms with Gasteiger partial charge in [0, 0.05) is 16.5 Å². The molecule has 118 valence electrons. The summed E-state index contributed by atoms with van der Waals surface area (Å²) in [5.74, 6) is 7.19. The number of hydrogen-bond acceptors (Lipinski definition) is 6. The first-order chi connectivity index (χ1) is 10.6. The van der Waals surface area contributed by atoms with Crippen LogP contribution >= 0.6 is 23.1 Å². The fourth-order valence-corrected chi connectivity index (χ4v) is 4.49. The first kappa shape index (κ1) is 15.4. The normalized spacial score (nSPS) is 16.0. The predicted octanol–water partition coefficient (Wildman–Crippen LogP) is 3.09. The summed E-state index contributed by atoms with van der Waals surface area (Å²) < 4.78 is 1.60. The second-order valence-corrected chi connectivity index (χ2v) is 7.52. The lowest BCUT2D eigenvalue weighted by molar-refractivity contribution is 0.0702. The minimum atomic E-state index is -0.886. The van der Waals surface area contributed by atoms with Gasteiger partial charge in [0.1, 0.15) is 4.88 Å². The van der Waals surface area contributed by atoms with Crippen LogP contribution in [0.25, 0.3) is 0 Å². The number of hydrogen-bond donors (Lipinski definition) is 2. The largest absolute Gasteiger partial charge is 0.477 e. The van der Waals surface area contributed by atoms with E-state index in [-0.39, 0.29) is 0 Å². The van der Waals surface area contributed by atoms with Crippen LogP contribution in [0.4, 0.5) is 0 Å². The van der Waals surface area contributed by atoms with E-state index in [9.17, 15) is 4.79 Å². The van der Waals surface area contributed by atoms with E-state index in [1.54, 1.807) is 10.7 Å². The maximum absolute atomic E-state index is 10.9. The molecule has 0 aliphatic heterocycles. The third-order valence-electron chi connectivity index (χ3n) is 3.88. The Labute approximate surface area is 136 Å². The van der Waals surface area contributed by atoms with E-state index in [4.69, 9.17) is 10.9 Å². The molecule has 0 atom stereocenters. The Hall–Kier alpha value is -1.54. The highest BCUT2D eigenvalue weighted by Crippen LogP contribution is 2.33. The molecule has 0 unspecified atom stereocenters. The molecule has 8 heteroatoms. The van der Waals surface area contributed by atoms with Gasteiger partial charge in [-0.25, -0.2) is 9.47 Å². The Morgan fingerprint density at radius 1 is 1.36 bits per heavy atom. The van der Waals surface area contributed by atoms with Crippen molar-refractivity contribution in [1.82, 2.24) is 14.9 Å². The number of rotatable bonds is 5. The molecule has 0 radical (unpaired) electrons. The van der Waals surface area contributed by atoms with Gasteiger partial charge in [-0.2, -0.15) is 0 Å². The van der Waals surface area contributed by atoms with Gasteiger partial charge in [0.15, 0.2) is 5.82 Å². The predicted molar refractivity (Wildman–Crippen MR) is 86.8 cm³/mol. The van der Waals surface area contributed by atoms with Gasteiger partial charge in [-0.15, -0.1) is 21.5 Å². The number of nitrogens with two attached hydrogens (primary N) is 1. The summed E-state index contributed by atoms with van der Waals surface area (Å²) in [6.45, 7) is 0. The molecule has 1 aliphatic rings. The highest BCUT2D eigenvalue weighted by Gasteiger charge is 2.22. The van der Waals surface area contributed by atoms with Gasteiger partial charge in [-0.3, -0.25) is 0 Å². The van der Waals surface area contributed by atoms with Crippen LogP contribution in [-0.2, 0) is 5.75 Å². The molecule has 3 rings (SSSR count). The molecule has 2 heterocycles. The first-order valence-corrected chi connectivity index (χ1v) is 9.10. The fraction of sp³-hybridized carbons (Fsp3) is 0.500. The van der Waals surface area contributed by atoms with Crippen LogP contribution in [0.3, 0.4) is 0 Å². The molecule has 0 aromatic carbocycles. The molecule has 1 fully saturated rings. The van der Waals surface area contributed by atoms with E-state index in [2.05, 4.69) is 10.2 Å². The van der Waals surface area contributed by atoms with Crippen LogP contribution in [0.15, 0.2) is 17.3 Å². The summed E-state index contributed by atoms with van der Waals surface area (Å²) in [5.41, 5.74) is 0. The Balaban J connectivity index is 1.65. The lowest BCUT2D eigenvalue weighted by Crippen LogP contribution is -2.18. The van der Waals surface area contributed by atoms with E-state index >= 15 is 0 Å². The van der Waals surface area contributed by atoms with E-state index in [0.29, 0.717) is 21.7 Å². The molecule has 2 aromatic heterocycles. The van der Waals surface area contributed by atoms with Crippen molar-refractivity contribution in [2.75, 3.05) is 5.84 Å². The van der Waals surface area contributed by atoms with Crippen molar-refractivity contribution in [3.05, 3.63) is 27.7 Å². The first-order valence-electron chi connectivity index (χ1n) is 7.30. The zero-order valence-corrected chi connectivity index (χ0v) is 13.7. The summed E-state index contributed by atoms with van der Waals surface area (Å²) >= 11 is 2.77. The van der Waals surface area contributed by atoms with Crippen LogP contribution in [0.1, 0.15) is 58.4 Å². The highest BCUT2D eigenvalue weighted by atomic mass is 32.2. The molecule has 0 amide bonds. The second-order valence-electron chi connectivity index (χ2n) is 5.41. The van der Waals surface area contributed by atoms with Crippen molar-refractivity contribution in [1.29, 1.82) is 0 Å². The average Bonchev–Trinajstić information content (AvgIpc) is 3.13. The SMILES string of the molecule is Nn1c(SCc2ccc(C(=O)O)s2)nnc1C1CCCCC1. The molecule has 0 spiro atoms. The highest BCUT2D eigenvalue weighted by molar-refractivity contribution is 7.98. The van der Waals surface area contributed by atoms with Gasteiger partial charge in [0.05, 0.1) is 0 Å². The van der Waals surface area contributed by atoms with Gasteiger partial charge in [-0.05, 0) is 25.0 Å². The van der Waals surface area contributed by atoms with Gasteiger partial charge in [0.2, 0.25) is 5.16 Å². The van der Waals surface area contributed by atoms with Gasteiger partial charge < -0.3 is 10.9 Å². The van der Waals surface area contributed by atoms with Gasteiger partial charge in [-0.1, -0.05) is 31.0 Å². The monoisotopic (exact) mass is 338 g/mol. The molecule has 0 bridgehead atoms. The minimum Gasteiger partial charge on any atom is -0.477 e. The Morgan fingerprint density at radius 2 is 2.14 bits per heavy atom. The van der Waals surface area contributed by atoms with Crippen molar-refractivity contribution in [2.24, 2.45) is 0 Å². The zero-order valence-electron chi connectivity index (χ0n) is 12.1. The van der Waals surface area contributed by atoms with E-state index in [1.807, 2.05) is 6.07 Å². The second kappa shape index (κ2) is 6.70. The van der Waals surface area contributed by atoms with E-state index < -0.39 is 5.97 Å². The van der Waals surface area contributed by atoms with Crippen molar-refractivity contribution in [3.8, 4) is 0 Å². The zero-order chi connectivity index (χ0) is 15.5. The number of nitrogen functional groups attached to an aromatic ring is 1. The number of aromatic carboxylic acids is 1. The smallest absolute Gasteiger partial charge is 0.345 e. The molecule has 0 saturated heterocycles. The molecule has 1 saturated carbocycles. The fourth-order valence-electron chi connectivity index (χ4n) is 2.73. The quantitative estimate of drug-likeness (QED) is 0.643. The Bertz CT molecular complexity index is 662. The van der Waals surface area contributed by atoms with Crippen LogP contribution in [0.2, 0.25) is 0 Å². The van der Waals surface area contributed by atoms with Crippen molar-refractivity contribution in [2.45, 2.75) is 48.9 Å². The third-order valence-corrected chi connectivity index (χ3v) is 6.13. The number of nitrogens with zero attached hydrogens (tertiary/aromatic N) is 3. The lowest BCUT2D eigenvalue weighted by atomic mass is 9.89. The molecular weight excluding hydrogens is 320 g/mol. The topological polar surface area (TPSA) is 94.0 Å². The average molecular weight is 338 g/mol. The third kappa shape index (κ3) is 3.27. The minimum absolute atomic E-state index is 0.354. The van der Waals surface area contributed by atoms with E-state index in [1.165, 1.54) is 42.4 Å². The van der Waals surface area contributed by atoms with Crippen LogP contribution in [0.5, 0.6) is 0 Å².